The Morgan fingerprint density at radius 1 is 1.50 bits per heavy atom. The fourth-order valence-electron chi connectivity index (χ4n) is 2.18. The van der Waals surface area contributed by atoms with Crippen molar-refractivity contribution in [2.75, 3.05) is 31.3 Å². The number of rotatable bonds is 4. The standard InChI is InChI=1S/C12H19ClN4S/c1-17(8-9-5-3-4-6-14-9)11-7-10(13)15-12(16-11)18-2/h7,9,14H,3-6,8H2,1-2H3/t9-/m1/s1. The van der Waals surface area contributed by atoms with Crippen molar-refractivity contribution < 1.29 is 0 Å². The van der Waals surface area contributed by atoms with Crippen molar-refractivity contribution in [1.82, 2.24) is 15.3 Å². The molecule has 1 saturated heterocycles. The number of hydrogen-bond acceptors (Lipinski definition) is 5. The van der Waals surface area contributed by atoms with Gasteiger partial charge in [-0.05, 0) is 25.6 Å². The Morgan fingerprint density at radius 2 is 2.33 bits per heavy atom. The van der Waals surface area contributed by atoms with Crippen LogP contribution in [0.15, 0.2) is 11.2 Å². The molecule has 2 heterocycles. The lowest BCUT2D eigenvalue weighted by molar-refractivity contribution is 0.402. The molecule has 4 nitrogen and oxygen atoms in total. The van der Waals surface area contributed by atoms with Gasteiger partial charge in [0, 0.05) is 25.7 Å². The second-order valence-corrected chi connectivity index (χ2v) is 5.72. The van der Waals surface area contributed by atoms with E-state index in [4.69, 9.17) is 11.6 Å². The van der Waals surface area contributed by atoms with Crippen LogP contribution < -0.4 is 10.2 Å². The maximum Gasteiger partial charge on any atom is 0.190 e. The van der Waals surface area contributed by atoms with Crippen molar-refractivity contribution in [2.45, 2.75) is 30.5 Å². The van der Waals surface area contributed by atoms with Gasteiger partial charge in [0.1, 0.15) is 11.0 Å². The van der Waals surface area contributed by atoms with E-state index in [0.29, 0.717) is 11.2 Å². The molecule has 1 aromatic heterocycles. The Morgan fingerprint density at radius 3 is 3.00 bits per heavy atom. The third-order valence-electron chi connectivity index (χ3n) is 3.14. The number of anilines is 1. The number of aromatic nitrogens is 2. The summed E-state index contributed by atoms with van der Waals surface area (Å²) in [6.07, 6.45) is 5.79. The summed E-state index contributed by atoms with van der Waals surface area (Å²) in [6.45, 7) is 2.08. The zero-order chi connectivity index (χ0) is 13.0. The van der Waals surface area contributed by atoms with Crippen LogP contribution in [0, 0.1) is 0 Å². The number of hydrogen-bond donors (Lipinski definition) is 1. The molecule has 100 valence electrons. The van der Waals surface area contributed by atoms with Crippen molar-refractivity contribution in [2.24, 2.45) is 0 Å². The van der Waals surface area contributed by atoms with Gasteiger partial charge in [0.25, 0.3) is 0 Å². The van der Waals surface area contributed by atoms with Crippen LogP contribution in [0.25, 0.3) is 0 Å². The van der Waals surface area contributed by atoms with Crippen LogP contribution in [0.1, 0.15) is 19.3 Å². The number of halogens is 1. The minimum absolute atomic E-state index is 0.507. The average molecular weight is 287 g/mol. The molecular weight excluding hydrogens is 268 g/mol. The van der Waals surface area contributed by atoms with Gasteiger partial charge in [-0.1, -0.05) is 29.8 Å². The maximum atomic E-state index is 6.01. The van der Waals surface area contributed by atoms with Crippen LogP contribution >= 0.6 is 23.4 Å². The summed E-state index contributed by atoms with van der Waals surface area (Å²) in [4.78, 5) is 10.8. The lowest BCUT2D eigenvalue weighted by Crippen LogP contribution is -2.42. The zero-order valence-corrected chi connectivity index (χ0v) is 12.4. The topological polar surface area (TPSA) is 41.1 Å². The molecule has 0 amide bonds. The first-order valence-electron chi connectivity index (χ1n) is 6.22. The molecule has 2 rings (SSSR count). The van der Waals surface area contributed by atoms with E-state index in [1.165, 1.54) is 31.0 Å². The molecule has 0 aliphatic carbocycles. The fourth-order valence-corrected chi connectivity index (χ4v) is 2.78. The van der Waals surface area contributed by atoms with E-state index in [9.17, 15) is 0 Å². The number of nitrogens with one attached hydrogen (secondary N) is 1. The molecule has 0 radical (unpaired) electrons. The van der Waals surface area contributed by atoms with E-state index >= 15 is 0 Å². The predicted octanol–water partition coefficient (Wildman–Crippen LogP) is 2.43. The summed E-state index contributed by atoms with van der Waals surface area (Å²) in [6, 6.07) is 2.37. The highest BCUT2D eigenvalue weighted by Gasteiger charge is 2.16. The number of nitrogens with zero attached hydrogens (tertiary/aromatic N) is 3. The lowest BCUT2D eigenvalue weighted by atomic mass is 10.0. The van der Waals surface area contributed by atoms with E-state index in [0.717, 1.165) is 24.1 Å². The largest absolute Gasteiger partial charge is 0.358 e. The van der Waals surface area contributed by atoms with Crippen LogP contribution in [0.3, 0.4) is 0 Å². The van der Waals surface area contributed by atoms with E-state index in [-0.39, 0.29) is 0 Å². The summed E-state index contributed by atoms with van der Waals surface area (Å²) < 4.78 is 0. The van der Waals surface area contributed by atoms with Crippen molar-refractivity contribution in [1.29, 1.82) is 0 Å². The Labute approximate surface area is 118 Å². The van der Waals surface area contributed by atoms with Crippen LogP contribution in [0.5, 0.6) is 0 Å². The third-order valence-corrected chi connectivity index (χ3v) is 3.88. The predicted molar refractivity (Wildman–Crippen MR) is 77.7 cm³/mol. The highest BCUT2D eigenvalue weighted by atomic mass is 35.5. The molecule has 1 aromatic rings. The van der Waals surface area contributed by atoms with Gasteiger partial charge in [-0.15, -0.1) is 0 Å². The molecule has 0 saturated carbocycles. The van der Waals surface area contributed by atoms with Gasteiger partial charge in [-0.2, -0.15) is 0 Å². The Hall–Kier alpha value is -0.520. The highest BCUT2D eigenvalue weighted by Crippen LogP contribution is 2.20. The van der Waals surface area contributed by atoms with Crippen molar-refractivity contribution >= 4 is 29.2 Å². The summed E-state index contributed by atoms with van der Waals surface area (Å²) in [5.74, 6) is 0.895. The first-order chi connectivity index (χ1) is 8.69. The van der Waals surface area contributed by atoms with E-state index < -0.39 is 0 Å². The molecule has 1 fully saturated rings. The van der Waals surface area contributed by atoms with E-state index in [1.807, 2.05) is 12.3 Å². The van der Waals surface area contributed by atoms with Gasteiger partial charge in [0.15, 0.2) is 5.16 Å². The van der Waals surface area contributed by atoms with Crippen molar-refractivity contribution in [3.63, 3.8) is 0 Å². The normalized spacial score (nSPS) is 19.8. The molecule has 18 heavy (non-hydrogen) atoms. The second kappa shape index (κ2) is 6.59. The molecule has 0 bridgehead atoms. The van der Waals surface area contributed by atoms with Gasteiger partial charge in [0.2, 0.25) is 0 Å². The van der Waals surface area contributed by atoms with Crippen LogP contribution in [-0.2, 0) is 0 Å². The van der Waals surface area contributed by atoms with Gasteiger partial charge in [0.05, 0.1) is 0 Å². The second-order valence-electron chi connectivity index (χ2n) is 4.56. The molecule has 0 aromatic carbocycles. The quantitative estimate of drug-likeness (QED) is 0.523. The summed E-state index contributed by atoms with van der Waals surface area (Å²) in [5.41, 5.74) is 0. The molecular formula is C12H19ClN4S. The van der Waals surface area contributed by atoms with Crippen molar-refractivity contribution in [3.8, 4) is 0 Å². The minimum Gasteiger partial charge on any atom is -0.358 e. The Kier molecular flexibility index (Phi) is 5.09. The van der Waals surface area contributed by atoms with Gasteiger partial charge < -0.3 is 10.2 Å². The number of likely N-dealkylation sites (N-methyl/N-ethyl adjacent to an activating group) is 1. The molecule has 1 aliphatic heterocycles. The van der Waals surface area contributed by atoms with Gasteiger partial charge in [-0.3, -0.25) is 0 Å². The smallest absolute Gasteiger partial charge is 0.190 e. The van der Waals surface area contributed by atoms with E-state index in [1.54, 1.807) is 0 Å². The highest BCUT2D eigenvalue weighted by molar-refractivity contribution is 7.98. The first-order valence-corrected chi connectivity index (χ1v) is 7.82. The van der Waals surface area contributed by atoms with Crippen LogP contribution in [0.2, 0.25) is 5.15 Å². The zero-order valence-electron chi connectivity index (χ0n) is 10.8. The fraction of sp³-hybridized carbons (Fsp3) is 0.667. The number of piperidine rings is 1. The molecule has 1 atom stereocenters. The minimum atomic E-state index is 0.507. The first kappa shape index (κ1) is 13.9. The Balaban J connectivity index is 2.02. The Bertz CT molecular complexity index is 396. The molecule has 6 heteroatoms. The van der Waals surface area contributed by atoms with Gasteiger partial charge >= 0.3 is 0 Å². The summed E-state index contributed by atoms with van der Waals surface area (Å²) >= 11 is 7.52. The van der Waals surface area contributed by atoms with Crippen LogP contribution in [0.4, 0.5) is 5.82 Å². The molecule has 0 unspecified atom stereocenters. The molecule has 0 spiro atoms. The lowest BCUT2D eigenvalue weighted by Gasteiger charge is -2.28. The number of thioether (sulfide) groups is 1. The monoisotopic (exact) mass is 286 g/mol. The summed E-state index contributed by atoms with van der Waals surface area (Å²) in [7, 11) is 2.05. The third kappa shape index (κ3) is 3.73. The van der Waals surface area contributed by atoms with Crippen molar-refractivity contribution in [3.05, 3.63) is 11.2 Å². The molecule has 1 N–H and O–H groups in total. The summed E-state index contributed by atoms with van der Waals surface area (Å²) in [5, 5.41) is 4.77. The van der Waals surface area contributed by atoms with E-state index in [2.05, 4.69) is 27.2 Å². The SMILES string of the molecule is CSc1nc(Cl)cc(N(C)C[C@H]2CCCCN2)n1. The van der Waals surface area contributed by atoms with Crippen LogP contribution in [-0.4, -0.2) is 42.4 Å². The van der Waals surface area contributed by atoms with Gasteiger partial charge in [-0.25, -0.2) is 9.97 Å². The maximum absolute atomic E-state index is 6.01. The average Bonchev–Trinajstić information content (AvgIpc) is 2.39. The molecule has 1 aliphatic rings.